The molecule has 1 unspecified atom stereocenters. The maximum Gasteiger partial charge on any atom is 0.198 e. The van der Waals surface area contributed by atoms with E-state index in [1.807, 2.05) is 0 Å². The van der Waals surface area contributed by atoms with Crippen molar-refractivity contribution in [1.29, 1.82) is 0 Å². The maximum absolute atomic E-state index is 7.84. The van der Waals surface area contributed by atoms with Crippen molar-refractivity contribution in [3.63, 3.8) is 0 Å². The lowest BCUT2D eigenvalue weighted by atomic mass is 10.2. The highest BCUT2D eigenvalue weighted by molar-refractivity contribution is 7.76. The number of rotatable bonds is 8. The van der Waals surface area contributed by atoms with Crippen molar-refractivity contribution < 1.29 is 4.43 Å². The first-order chi connectivity index (χ1) is 24.4. The number of allylic oxidation sites excluding steroid dienone is 4. The SMILES string of the molecule is CO[Si](C1=CCC([Si](c2ccccc2)([Si](C)(C(C)(C)C)C(C)(C)C)[Si](C)(C(C)(C)C)C(C)(C)C)C=C1)([Si](C)(C(C)(C)C)C(C)(C)C)[Si](C)(C(C)(C)C)C(C)(C)C. The van der Waals surface area contributed by atoms with Crippen LogP contribution in [0.5, 0.6) is 0 Å². The van der Waals surface area contributed by atoms with Crippen LogP contribution >= 0.6 is 0 Å². The van der Waals surface area contributed by atoms with E-state index >= 15 is 0 Å². The molecule has 1 aromatic carbocycles. The second kappa shape index (κ2) is 15.1. The Morgan fingerprint density at radius 2 is 0.732 bits per heavy atom. The molecule has 0 aromatic heterocycles. The van der Waals surface area contributed by atoms with Crippen LogP contribution in [0.15, 0.2) is 53.8 Å². The van der Waals surface area contributed by atoms with E-state index in [0.29, 0.717) is 5.54 Å². The van der Waals surface area contributed by atoms with Gasteiger partial charge in [0.15, 0.2) is 7.35 Å². The molecule has 1 aliphatic carbocycles. The fourth-order valence-corrected chi connectivity index (χ4v) is 137. The molecule has 0 bridgehead atoms. The molecule has 0 heterocycles. The second-order valence-electron chi connectivity index (χ2n) is 27.4. The van der Waals surface area contributed by atoms with Gasteiger partial charge in [-0.15, -0.1) is 0 Å². The summed E-state index contributed by atoms with van der Waals surface area (Å²) in [7, 11) is -12.2. The highest BCUT2D eigenvalue weighted by Gasteiger charge is 2.79. The minimum absolute atomic E-state index is 0.153. The Morgan fingerprint density at radius 1 is 0.446 bits per heavy atom. The molecule has 0 aliphatic heterocycles. The van der Waals surface area contributed by atoms with Crippen LogP contribution in [0.25, 0.3) is 0 Å². The van der Waals surface area contributed by atoms with Crippen molar-refractivity contribution in [2.75, 3.05) is 7.11 Å². The number of hydrogen-bond acceptors (Lipinski definition) is 1. The standard InChI is InChI=1S/C49H98OSi6/c1-42(2,3)51(26,43(4,5)6)55(39-33-31-30-32-34-39,52(27,44(7,8)9)45(10,11)12)40-35-37-41(38-36-40)56(50-25,53(28,46(13,14)15)47(16,17)18)54(29,48(19,20)21)49(22,23)24/h30-35,37-38,40H,36H2,1-29H3. The van der Waals surface area contributed by atoms with Gasteiger partial charge in [0, 0.05) is 7.11 Å². The van der Waals surface area contributed by atoms with Crippen LogP contribution in [0.2, 0.25) is 72.0 Å². The Balaban J connectivity index is 3.55. The van der Waals surface area contributed by atoms with Gasteiger partial charge in [0.25, 0.3) is 0 Å². The van der Waals surface area contributed by atoms with Crippen molar-refractivity contribution in [2.45, 2.75) is 245 Å². The molecule has 7 heteroatoms. The number of benzene rings is 1. The lowest BCUT2D eigenvalue weighted by Crippen LogP contribution is -2.90. The van der Waals surface area contributed by atoms with E-state index < -0.39 is 44.8 Å². The molecule has 1 atom stereocenters. The molecule has 324 valence electrons. The molecule has 2 rings (SSSR count). The second-order valence-corrected chi connectivity index (χ2v) is 77.7. The zero-order chi connectivity index (χ0) is 44.8. The topological polar surface area (TPSA) is 9.23 Å². The molecule has 1 aromatic rings. The Labute approximate surface area is 357 Å². The van der Waals surface area contributed by atoms with E-state index in [2.05, 4.69) is 248 Å². The lowest BCUT2D eigenvalue weighted by molar-refractivity contribution is 0.417. The Morgan fingerprint density at radius 3 is 0.946 bits per heavy atom. The van der Waals surface area contributed by atoms with Gasteiger partial charge in [0.1, 0.15) is 0 Å². The van der Waals surface area contributed by atoms with Crippen molar-refractivity contribution in [3.8, 4) is 0 Å². The first-order valence-electron chi connectivity index (χ1n) is 22.4. The molecule has 0 amide bonds. The average Bonchev–Trinajstić information content (AvgIpc) is 2.98. The zero-order valence-corrected chi connectivity index (χ0v) is 49.3. The summed E-state index contributed by atoms with van der Waals surface area (Å²) in [5.41, 5.74) is 0.525. The molecule has 0 saturated heterocycles. The molecular formula is C49H98OSi6. The van der Waals surface area contributed by atoms with Gasteiger partial charge in [-0.25, -0.2) is 0 Å². The van der Waals surface area contributed by atoms with E-state index in [0.717, 1.165) is 6.42 Å². The fourth-order valence-electron chi connectivity index (χ4n) is 14.5. The smallest absolute Gasteiger partial charge is 0.198 e. The van der Waals surface area contributed by atoms with Crippen molar-refractivity contribution in [2.24, 2.45) is 0 Å². The monoisotopic (exact) mass is 871 g/mol. The molecule has 56 heavy (non-hydrogen) atoms. The van der Waals surface area contributed by atoms with Gasteiger partial charge in [-0.3, -0.25) is 0 Å². The molecule has 0 radical (unpaired) electrons. The predicted molar refractivity (Wildman–Crippen MR) is 274 cm³/mol. The van der Waals surface area contributed by atoms with Crippen molar-refractivity contribution >= 4 is 50.0 Å². The summed E-state index contributed by atoms with van der Waals surface area (Å²) >= 11 is 0. The van der Waals surface area contributed by atoms with Crippen LogP contribution < -0.4 is 5.19 Å². The van der Waals surface area contributed by atoms with E-state index in [1.54, 1.807) is 10.4 Å². The Hall–Kier alpha value is -0.0387. The van der Waals surface area contributed by atoms with Gasteiger partial charge in [0.2, 0.25) is 0 Å². The highest BCUT2D eigenvalue weighted by atomic mass is 29.7. The average molecular weight is 872 g/mol. The van der Waals surface area contributed by atoms with E-state index in [4.69, 9.17) is 4.43 Å². The third kappa shape index (κ3) is 7.01. The van der Waals surface area contributed by atoms with Gasteiger partial charge >= 0.3 is 0 Å². The molecule has 0 fully saturated rings. The summed E-state index contributed by atoms with van der Waals surface area (Å²) < 4.78 is 7.84. The normalized spacial score (nSPS) is 18.7. The van der Waals surface area contributed by atoms with Gasteiger partial charge in [-0.1, -0.05) is 246 Å². The first-order valence-corrected chi connectivity index (χ1v) is 40.4. The predicted octanol–water partition coefficient (Wildman–Crippen LogP) is 16.8. The van der Waals surface area contributed by atoms with E-state index in [-0.39, 0.29) is 40.3 Å². The summed E-state index contributed by atoms with van der Waals surface area (Å²) in [6.07, 6.45) is 9.77. The summed E-state index contributed by atoms with van der Waals surface area (Å²) in [4.78, 5) is 0. The molecule has 1 nitrogen and oxygen atoms in total. The van der Waals surface area contributed by atoms with Crippen LogP contribution in [-0.4, -0.2) is 51.9 Å². The quantitative estimate of drug-likeness (QED) is 0.237. The summed E-state index contributed by atoms with van der Waals surface area (Å²) in [6.45, 7) is 74.7. The highest BCUT2D eigenvalue weighted by Crippen LogP contribution is 2.70. The van der Waals surface area contributed by atoms with Crippen LogP contribution in [0, 0.1) is 0 Å². The molecular weight excluding hydrogens is 773 g/mol. The molecule has 1 aliphatic rings. The minimum Gasteiger partial charge on any atom is -0.421 e. The van der Waals surface area contributed by atoms with E-state index in [1.165, 1.54) is 0 Å². The van der Waals surface area contributed by atoms with Crippen LogP contribution in [0.4, 0.5) is 0 Å². The third-order valence-electron chi connectivity index (χ3n) is 18.6. The van der Waals surface area contributed by atoms with Crippen LogP contribution in [0.1, 0.15) is 173 Å². The van der Waals surface area contributed by atoms with Crippen LogP contribution in [0.3, 0.4) is 0 Å². The van der Waals surface area contributed by atoms with Gasteiger partial charge in [0.05, 0.1) is 37.5 Å². The van der Waals surface area contributed by atoms with Gasteiger partial charge in [-0.05, 0) is 57.5 Å². The van der Waals surface area contributed by atoms with Gasteiger partial charge < -0.3 is 4.43 Å². The Bertz CT molecular complexity index is 1450. The largest absolute Gasteiger partial charge is 0.421 e. The molecule has 0 saturated carbocycles. The Kier molecular flexibility index (Phi) is 14.0. The van der Waals surface area contributed by atoms with Gasteiger partial charge in [-0.2, -0.15) is 0 Å². The van der Waals surface area contributed by atoms with Crippen molar-refractivity contribution in [3.05, 3.63) is 53.8 Å². The third-order valence-corrected chi connectivity index (χ3v) is 114. The summed E-state index contributed by atoms with van der Waals surface area (Å²) in [5, 5.41) is 4.84. The zero-order valence-electron chi connectivity index (χ0n) is 43.3. The summed E-state index contributed by atoms with van der Waals surface area (Å²) in [5.74, 6) is 0. The fraction of sp³-hybridized carbons (Fsp3) is 0.796. The molecule has 0 spiro atoms. The maximum atomic E-state index is 7.84. The summed E-state index contributed by atoms with van der Waals surface area (Å²) in [6, 6.07) is 12.4. The molecule has 0 N–H and O–H groups in total. The lowest BCUT2D eigenvalue weighted by Gasteiger charge is -2.73. The van der Waals surface area contributed by atoms with Crippen LogP contribution in [-0.2, 0) is 4.43 Å². The first kappa shape index (κ1) is 52.1. The number of hydrogen-bond donors (Lipinski definition) is 0. The minimum atomic E-state index is -2.73. The van der Waals surface area contributed by atoms with Crippen molar-refractivity contribution in [1.82, 2.24) is 0 Å². The van der Waals surface area contributed by atoms with E-state index in [9.17, 15) is 0 Å².